The summed E-state index contributed by atoms with van der Waals surface area (Å²) in [6.45, 7) is 8.22. The fraction of sp³-hybridized carbons (Fsp3) is 0.634. The zero-order valence-corrected chi connectivity index (χ0v) is 28.2. The van der Waals surface area contributed by atoms with E-state index in [1.807, 2.05) is 0 Å². The summed E-state index contributed by atoms with van der Waals surface area (Å²) < 4.78 is 2.52. The number of nitrogens with zero attached hydrogens (tertiary/aromatic N) is 2. The molecule has 238 valence electrons. The lowest BCUT2D eigenvalue weighted by atomic mass is 9.66. The lowest BCUT2D eigenvalue weighted by Gasteiger charge is -2.39. The minimum Gasteiger partial charge on any atom is -0.335 e. The van der Waals surface area contributed by atoms with Gasteiger partial charge in [0.15, 0.2) is 0 Å². The molecule has 0 N–H and O–H groups in total. The molecule has 2 heteroatoms. The van der Waals surface area contributed by atoms with Crippen LogP contribution in [0.5, 0.6) is 0 Å². The second-order valence-corrected chi connectivity index (χ2v) is 13.4. The Balaban J connectivity index is 1.69. The lowest BCUT2D eigenvalue weighted by molar-refractivity contribution is 0.321. The summed E-state index contributed by atoms with van der Waals surface area (Å²) in [5.74, 6) is 1.69. The van der Waals surface area contributed by atoms with Crippen LogP contribution in [-0.2, 0) is 18.4 Å². The first kappa shape index (κ1) is 35.1. The van der Waals surface area contributed by atoms with Crippen LogP contribution in [0, 0.1) is 0 Å². The number of aromatic nitrogens is 2. The van der Waals surface area contributed by atoms with Crippen molar-refractivity contribution in [2.24, 2.45) is 0 Å². The van der Waals surface area contributed by atoms with E-state index in [2.05, 4.69) is 98.4 Å². The van der Waals surface area contributed by atoms with E-state index in [9.17, 15) is 0 Å². The minimum absolute atomic E-state index is 0.0232. The van der Waals surface area contributed by atoms with Gasteiger partial charge in [0, 0.05) is 30.3 Å². The van der Waals surface area contributed by atoms with Gasteiger partial charge in [0.25, 0.3) is 0 Å². The molecule has 0 aliphatic carbocycles. The Morgan fingerprint density at radius 3 is 1.65 bits per heavy atom. The number of imidazole rings is 1. The van der Waals surface area contributed by atoms with Gasteiger partial charge in [0.2, 0.25) is 0 Å². The van der Waals surface area contributed by atoms with Crippen LogP contribution in [0.2, 0.25) is 0 Å². The van der Waals surface area contributed by atoms with E-state index in [1.165, 1.54) is 139 Å². The summed E-state index contributed by atoms with van der Waals surface area (Å²) in [6.07, 6.45) is 31.2. The monoisotopic (exact) mass is 585 g/mol. The van der Waals surface area contributed by atoms with E-state index >= 15 is 0 Å². The second kappa shape index (κ2) is 21.4. The molecule has 0 saturated heterocycles. The van der Waals surface area contributed by atoms with Gasteiger partial charge < -0.3 is 4.57 Å². The van der Waals surface area contributed by atoms with Gasteiger partial charge in [-0.15, -0.1) is 0 Å². The molecule has 3 aromatic rings. The Kier molecular flexibility index (Phi) is 17.5. The summed E-state index contributed by atoms with van der Waals surface area (Å²) in [7, 11) is 0. The van der Waals surface area contributed by atoms with Crippen molar-refractivity contribution in [3.63, 3.8) is 0 Å². The molecule has 0 saturated carbocycles. The zero-order valence-electron chi connectivity index (χ0n) is 28.2. The third-order valence-corrected chi connectivity index (χ3v) is 9.77. The Morgan fingerprint density at radius 2 is 1.09 bits per heavy atom. The van der Waals surface area contributed by atoms with Crippen molar-refractivity contribution < 1.29 is 0 Å². The van der Waals surface area contributed by atoms with Crippen molar-refractivity contribution in [1.29, 1.82) is 0 Å². The van der Waals surface area contributed by atoms with E-state index in [4.69, 9.17) is 4.98 Å². The average molecular weight is 585 g/mol. The first-order valence-corrected chi connectivity index (χ1v) is 18.3. The highest BCUT2D eigenvalue weighted by atomic mass is 15.1. The summed E-state index contributed by atoms with van der Waals surface area (Å²) in [6, 6.07) is 22.5. The van der Waals surface area contributed by atoms with Crippen molar-refractivity contribution in [2.75, 3.05) is 0 Å². The Hall–Kier alpha value is -2.35. The largest absolute Gasteiger partial charge is 0.335 e. The van der Waals surface area contributed by atoms with Gasteiger partial charge >= 0.3 is 0 Å². The molecule has 43 heavy (non-hydrogen) atoms. The molecule has 0 aliphatic rings. The molecule has 0 radical (unpaired) electrons. The van der Waals surface area contributed by atoms with Crippen LogP contribution in [-0.4, -0.2) is 9.55 Å². The summed E-state index contributed by atoms with van der Waals surface area (Å²) in [5, 5.41) is 0. The molecular formula is C41H64N2. The predicted octanol–water partition coefficient (Wildman–Crippen LogP) is 12.6. The Bertz CT molecular complexity index is 1060. The molecular weight excluding hydrogens is 520 g/mol. The molecule has 0 fully saturated rings. The van der Waals surface area contributed by atoms with E-state index in [-0.39, 0.29) is 5.41 Å². The smallest absolute Gasteiger partial charge is 0.112 e. The molecule has 0 amide bonds. The van der Waals surface area contributed by atoms with Crippen molar-refractivity contribution in [3.8, 4) is 0 Å². The van der Waals surface area contributed by atoms with Crippen LogP contribution in [0.4, 0.5) is 0 Å². The maximum Gasteiger partial charge on any atom is 0.112 e. The summed E-state index contributed by atoms with van der Waals surface area (Å²) >= 11 is 0. The lowest BCUT2D eigenvalue weighted by Crippen LogP contribution is -2.35. The highest BCUT2D eigenvalue weighted by molar-refractivity contribution is 5.33. The number of hydrogen-bond acceptors (Lipinski definition) is 1. The SMILES string of the molecule is CCCCCCCCCCCCn1ccnc1C(CCCCCCCCCC)C(C)(Cc1ccccc1)c1ccccc1. The highest BCUT2D eigenvalue weighted by Gasteiger charge is 2.39. The summed E-state index contributed by atoms with van der Waals surface area (Å²) in [4.78, 5) is 5.13. The summed E-state index contributed by atoms with van der Waals surface area (Å²) in [5.41, 5.74) is 2.84. The number of hydrogen-bond donors (Lipinski definition) is 0. The molecule has 2 atom stereocenters. The molecule has 3 rings (SSSR count). The van der Waals surface area contributed by atoms with Gasteiger partial charge in [0.1, 0.15) is 5.82 Å². The number of aryl methyl sites for hydroxylation is 1. The maximum absolute atomic E-state index is 5.13. The Morgan fingerprint density at radius 1 is 0.605 bits per heavy atom. The molecule has 1 heterocycles. The van der Waals surface area contributed by atoms with Crippen LogP contribution in [0.25, 0.3) is 0 Å². The maximum atomic E-state index is 5.13. The van der Waals surface area contributed by atoms with Gasteiger partial charge in [0.05, 0.1) is 0 Å². The van der Waals surface area contributed by atoms with Gasteiger partial charge in [-0.3, -0.25) is 0 Å². The minimum atomic E-state index is -0.0232. The molecule has 2 nitrogen and oxygen atoms in total. The third kappa shape index (κ3) is 12.7. The van der Waals surface area contributed by atoms with E-state index in [0.717, 1.165) is 13.0 Å². The first-order chi connectivity index (χ1) is 21.2. The van der Waals surface area contributed by atoms with Gasteiger partial charge in [-0.25, -0.2) is 4.98 Å². The van der Waals surface area contributed by atoms with Crippen molar-refractivity contribution in [1.82, 2.24) is 9.55 Å². The van der Waals surface area contributed by atoms with Gasteiger partial charge in [-0.1, -0.05) is 191 Å². The van der Waals surface area contributed by atoms with Gasteiger partial charge in [-0.2, -0.15) is 0 Å². The normalized spacial score (nSPS) is 13.7. The fourth-order valence-corrected chi connectivity index (χ4v) is 7.07. The topological polar surface area (TPSA) is 17.8 Å². The van der Waals surface area contributed by atoms with Crippen LogP contribution in [0.15, 0.2) is 73.1 Å². The number of benzene rings is 2. The highest BCUT2D eigenvalue weighted by Crippen LogP contribution is 2.44. The predicted molar refractivity (Wildman–Crippen MR) is 188 cm³/mol. The molecule has 2 aromatic carbocycles. The molecule has 1 aromatic heterocycles. The van der Waals surface area contributed by atoms with Crippen molar-refractivity contribution >= 4 is 0 Å². The van der Waals surface area contributed by atoms with E-state index < -0.39 is 0 Å². The second-order valence-electron chi connectivity index (χ2n) is 13.4. The fourth-order valence-electron chi connectivity index (χ4n) is 7.07. The van der Waals surface area contributed by atoms with Gasteiger partial charge in [-0.05, 0) is 30.4 Å². The number of rotatable bonds is 25. The van der Waals surface area contributed by atoms with Crippen molar-refractivity contribution in [2.45, 2.75) is 167 Å². The average Bonchev–Trinajstić information content (AvgIpc) is 3.50. The molecule has 0 bridgehead atoms. The molecule has 0 aliphatic heterocycles. The van der Waals surface area contributed by atoms with E-state index in [0.29, 0.717) is 5.92 Å². The quantitative estimate of drug-likeness (QED) is 0.0906. The number of unbranched alkanes of at least 4 members (excludes halogenated alkanes) is 16. The zero-order chi connectivity index (χ0) is 30.4. The van der Waals surface area contributed by atoms with Crippen LogP contribution in [0.1, 0.15) is 166 Å². The Labute approximate surface area is 266 Å². The van der Waals surface area contributed by atoms with Crippen LogP contribution in [0.3, 0.4) is 0 Å². The van der Waals surface area contributed by atoms with Crippen molar-refractivity contribution in [3.05, 3.63) is 90.0 Å². The molecule has 0 spiro atoms. The van der Waals surface area contributed by atoms with E-state index in [1.54, 1.807) is 0 Å². The van der Waals surface area contributed by atoms with Crippen LogP contribution < -0.4 is 0 Å². The molecule has 2 unspecified atom stereocenters. The van der Waals surface area contributed by atoms with Crippen LogP contribution >= 0.6 is 0 Å². The third-order valence-electron chi connectivity index (χ3n) is 9.77. The standard InChI is InChI=1S/C41H64N2/c1-4-6-8-10-12-14-15-17-19-27-34-43-35-33-42-40(43)39(32-26-18-16-13-11-9-7-5-2)41(3,38-30-24-21-25-31-38)36-37-28-22-20-23-29-37/h20-25,28-31,33,35,39H,4-19,26-27,32,34,36H2,1-3H3. The first-order valence-electron chi connectivity index (χ1n) is 18.3.